The number of hydrogen-bond donors (Lipinski definition) is 0. The van der Waals surface area contributed by atoms with Gasteiger partial charge in [-0.05, 0) is 25.7 Å². The van der Waals surface area contributed by atoms with Gasteiger partial charge in [-0.25, -0.2) is 18.4 Å². The second-order valence-corrected chi connectivity index (χ2v) is 8.34. The van der Waals surface area contributed by atoms with Gasteiger partial charge in [-0.15, -0.1) is 0 Å². The zero-order valence-electron chi connectivity index (χ0n) is 12.6. The summed E-state index contributed by atoms with van der Waals surface area (Å²) in [6, 6.07) is 2.13. The highest BCUT2D eigenvalue weighted by Crippen LogP contribution is 2.40. The van der Waals surface area contributed by atoms with Crippen LogP contribution in [0.2, 0.25) is 0 Å². The molecule has 0 N–H and O–H groups in total. The Morgan fingerprint density at radius 1 is 1.14 bits per heavy atom. The number of nitrogens with zero attached hydrogens (tertiary/aromatic N) is 4. The maximum atomic E-state index is 12.5. The zero-order chi connectivity index (χ0) is 15.3. The summed E-state index contributed by atoms with van der Waals surface area (Å²) in [5.41, 5.74) is 0. The summed E-state index contributed by atoms with van der Waals surface area (Å²) in [7, 11) is -1.51. The highest BCUT2D eigenvalue weighted by atomic mass is 32.2. The van der Waals surface area contributed by atoms with Gasteiger partial charge in [0, 0.05) is 31.2 Å². The summed E-state index contributed by atoms with van der Waals surface area (Å²) >= 11 is 0. The van der Waals surface area contributed by atoms with Crippen LogP contribution < -0.4 is 9.64 Å². The number of aromatic nitrogens is 2. The van der Waals surface area contributed by atoms with E-state index in [4.69, 9.17) is 4.74 Å². The van der Waals surface area contributed by atoms with Gasteiger partial charge in [0.25, 0.3) is 0 Å². The lowest BCUT2D eigenvalue weighted by atomic mass is 10.1. The van der Waals surface area contributed by atoms with E-state index in [9.17, 15) is 8.42 Å². The number of fused-ring (bicyclic) bond motifs is 1. The number of sulfonamides is 1. The summed E-state index contributed by atoms with van der Waals surface area (Å²) in [6.45, 7) is 1.46. The van der Waals surface area contributed by atoms with Gasteiger partial charge < -0.3 is 9.64 Å². The number of methoxy groups -OCH3 is 1. The van der Waals surface area contributed by atoms with Gasteiger partial charge in [0.2, 0.25) is 15.9 Å². The fourth-order valence-corrected chi connectivity index (χ4v) is 5.80. The van der Waals surface area contributed by atoms with Crippen molar-refractivity contribution in [3.8, 4) is 5.88 Å². The van der Waals surface area contributed by atoms with Crippen molar-refractivity contribution in [1.82, 2.24) is 14.3 Å². The average molecular weight is 324 g/mol. The van der Waals surface area contributed by atoms with Crippen molar-refractivity contribution >= 4 is 15.8 Å². The molecule has 0 unspecified atom stereocenters. The number of rotatable bonds is 4. The van der Waals surface area contributed by atoms with Crippen LogP contribution >= 0.6 is 0 Å². The van der Waals surface area contributed by atoms with Crippen LogP contribution in [0.25, 0.3) is 0 Å². The van der Waals surface area contributed by atoms with E-state index < -0.39 is 10.0 Å². The van der Waals surface area contributed by atoms with Crippen LogP contribution in [-0.4, -0.2) is 60.2 Å². The van der Waals surface area contributed by atoms with Crippen LogP contribution in [0.15, 0.2) is 12.4 Å². The molecule has 8 heteroatoms. The molecule has 1 aromatic rings. The first kappa shape index (κ1) is 14.2. The van der Waals surface area contributed by atoms with Crippen molar-refractivity contribution in [1.29, 1.82) is 0 Å². The molecule has 0 spiro atoms. The largest absolute Gasteiger partial charge is 0.481 e. The second kappa shape index (κ2) is 5.06. The topological polar surface area (TPSA) is 75.6 Å². The quantitative estimate of drug-likeness (QED) is 0.809. The average Bonchev–Trinajstić information content (AvgIpc) is 3.18. The van der Waals surface area contributed by atoms with Crippen molar-refractivity contribution in [3.63, 3.8) is 0 Å². The Kier molecular flexibility index (Phi) is 3.26. The third-order valence-electron chi connectivity index (χ3n) is 4.93. The SMILES string of the molecule is COc1cc(N2CC[C@@H]3[C@@H]2CCN3S(=O)(=O)C2CC2)ncn1. The molecule has 1 aromatic heterocycles. The molecule has 1 saturated carbocycles. The molecule has 3 aliphatic rings. The van der Waals surface area contributed by atoms with Gasteiger partial charge in [0.1, 0.15) is 12.1 Å². The van der Waals surface area contributed by atoms with E-state index in [1.165, 1.54) is 6.33 Å². The Hall–Kier alpha value is -1.41. The molecular weight excluding hydrogens is 304 g/mol. The normalized spacial score (nSPS) is 28.9. The fraction of sp³-hybridized carbons (Fsp3) is 0.714. The molecule has 120 valence electrons. The van der Waals surface area contributed by atoms with Gasteiger partial charge >= 0.3 is 0 Å². The number of hydrogen-bond acceptors (Lipinski definition) is 6. The van der Waals surface area contributed by atoms with Crippen molar-refractivity contribution in [2.24, 2.45) is 0 Å². The monoisotopic (exact) mass is 324 g/mol. The minimum atomic E-state index is -3.09. The number of anilines is 1. The van der Waals surface area contributed by atoms with E-state index in [0.29, 0.717) is 12.4 Å². The predicted molar refractivity (Wildman–Crippen MR) is 81.4 cm³/mol. The Morgan fingerprint density at radius 2 is 1.91 bits per heavy atom. The molecular formula is C14H20N4O3S. The summed E-state index contributed by atoms with van der Waals surface area (Å²) in [4.78, 5) is 10.6. The minimum Gasteiger partial charge on any atom is -0.481 e. The third kappa shape index (κ3) is 2.16. The predicted octanol–water partition coefficient (Wildman–Crippen LogP) is 0.630. The van der Waals surface area contributed by atoms with E-state index in [0.717, 1.165) is 38.0 Å². The summed E-state index contributed by atoms with van der Waals surface area (Å²) in [5, 5.41) is -0.126. The lowest BCUT2D eigenvalue weighted by molar-refractivity contribution is 0.387. The Labute approximate surface area is 130 Å². The molecule has 0 radical (unpaired) electrons. The lowest BCUT2D eigenvalue weighted by Crippen LogP contribution is -2.41. The molecule has 22 heavy (non-hydrogen) atoms. The van der Waals surface area contributed by atoms with Crippen molar-refractivity contribution in [2.45, 2.75) is 43.0 Å². The summed E-state index contributed by atoms with van der Waals surface area (Å²) in [6.07, 6.45) is 4.87. The molecule has 1 aliphatic carbocycles. The smallest absolute Gasteiger partial charge is 0.218 e. The maximum Gasteiger partial charge on any atom is 0.218 e. The Morgan fingerprint density at radius 3 is 2.64 bits per heavy atom. The first-order valence-corrected chi connectivity index (χ1v) is 9.25. The first-order chi connectivity index (χ1) is 10.6. The van der Waals surface area contributed by atoms with Crippen molar-refractivity contribution in [3.05, 3.63) is 12.4 Å². The maximum absolute atomic E-state index is 12.5. The molecule has 2 atom stereocenters. The van der Waals surface area contributed by atoms with Crippen LogP contribution in [-0.2, 0) is 10.0 Å². The Bertz CT molecular complexity index is 676. The van der Waals surface area contributed by atoms with Gasteiger partial charge in [-0.3, -0.25) is 0 Å². The molecule has 0 aromatic carbocycles. The minimum absolute atomic E-state index is 0.0894. The molecule has 2 saturated heterocycles. The van der Waals surface area contributed by atoms with E-state index in [1.807, 2.05) is 6.07 Å². The van der Waals surface area contributed by atoms with Crippen molar-refractivity contribution in [2.75, 3.05) is 25.1 Å². The van der Waals surface area contributed by atoms with Crippen LogP contribution in [0.1, 0.15) is 25.7 Å². The van der Waals surface area contributed by atoms with Gasteiger partial charge in [-0.1, -0.05) is 0 Å². The molecule has 0 bridgehead atoms. The van der Waals surface area contributed by atoms with E-state index in [2.05, 4.69) is 14.9 Å². The van der Waals surface area contributed by atoms with Crippen molar-refractivity contribution < 1.29 is 13.2 Å². The second-order valence-electron chi connectivity index (χ2n) is 6.18. The van der Waals surface area contributed by atoms with E-state index >= 15 is 0 Å². The molecule has 0 amide bonds. The summed E-state index contributed by atoms with van der Waals surface area (Å²) < 4.78 is 32.0. The fourth-order valence-electron chi connectivity index (χ4n) is 3.70. The van der Waals surface area contributed by atoms with E-state index in [-0.39, 0.29) is 17.3 Å². The van der Waals surface area contributed by atoms with Gasteiger partial charge in [0.05, 0.1) is 12.4 Å². The van der Waals surface area contributed by atoms with Crippen LogP contribution in [0.4, 0.5) is 5.82 Å². The van der Waals surface area contributed by atoms with E-state index in [1.54, 1.807) is 11.4 Å². The third-order valence-corrected chi connectivity index (χ3v) is 7.35. The molecule has 7 nitrogen and oxygen atoms in total. The standard InChI is InChI=1S/C14H20N4O3S/c1-21-14-8-13(15-9-16-14)17-6-4-12-11(17)5-7-18(12)22(19,20)10-2-3-10/h8-12H,2-7H2,1H3/t11-,12+/m0/s1. The van der Waals surface area contributed by atoms with Gasteiger partial charge in [0.15, 0.2) is 0 Å². The van der Waals surface area contributed by atoms with Crippen LogP contribution in [0.3, 0.4) is 0 Å². The lowest BCUT2D eigenvalue weighted by Gasteiger charge is -2.26. The van der Waals surface area contributed by atoms with Crippen LogP contribution in [0.5, 0.6) is 5.88 Å². The highest BCUT2D eigenvalue weighted by molar-refractivity contribution is 7.90. The first-order valence-electron chi connectivity index (χ1n) is 7.74. The van der Waals surface area contributed by atoms with Crippen LogP contribution in [0, 0.1) is 0 Å². The highest BCUT2D eigenvalue weighted by Gasteiger charge is 2.51. The Balaban J connectivity index is 1.57. The summed E-state index contributed by atoms with van der Waals surface area (Å²) in [5.74, 6) is 1.36. The molecule has 3 heterocycles. The zero-order valence-corrected chi connectivity index (χ0v) is 13.4. The van der Waals surface area contributed by atoms with Gasteiger partial charge in [-0.2, -0.15) is 4.31 Å². The molecule has 4 rings (SSSR count). The number of ether oxygens (including phenoxy) is 1. The molecule has 3 fully saturated rings. The molecule has 2 aliphatic heterocycles.